The first-order chi connectivity index (χ1) is 18.4. The van der Waals surface area contributed by atoms with E-state index in [1.165, 1.54) is 48.1 Å². The molecule has 2 unspecified atom stereocenters. The monoisotopic (exact) mass is 509 g/mol. The number of nitrogens with one attached hydrogen (secondary N) is 1. The Morgan fingerprint density at radius 2 is 1.89 bits per heavy atom. The SMILES string of the molecule is C#CC(=O)N1[C@@H](CCCC)Cc2cc(CN(C)C)ccc2[C@@H]1c1ccc(NC2=C3CC(C)CC(C3)C2)cc1. The van der Waals surface area contributed by atoms with Crippen LogP contribution in [-0.2, 0) is 17.8 Å². The maximum atomic E-state index is 13.2. The van der Waals surface area contributed by atoms with Gasteiger partial charge in [-0.3, -0.25) is 4.79 Å². The molecule has 2 aromatic rings. The van der Waals surface area contributed by atoms with Crippen LogP contribution >= 0.6 is 0 Å². The Kier molecular flexibility index (Phi) is 7.96. The van der Waals surface area contributed by atoms with Gasteiger partial charge in [0.1, 0.15) is 0 Å². The van der Waals surface area contributed by atoms with E-state index in [0.29, 0.717) is 0 Å². The first-order valence-corrected chi connectivity index (χ1v) is 14.5. The molecule has 0 radical (unpaired) electrons. The van der Waals surface area contributed by atoms with Gasteiger partial charge in [-0.15, -0.1) is 6.42 Å². The molecule has 1 aliphatic heterocycles. The molecule has 1 fully saturated rings. The van der Waals surface area contributed by atoms with Crippen molar-refractivity contribution in [1.29, 1.82) is 0 Å². The molecule has 2 bridgehead atoms. The lowest BCUT2D eigenvalue weighted by Gasteiger charge is -2.43. The van der Waals surface area contributed by atoms with Crippen LogP contribution in [0.5, 0.6) is 0 Å². The Labute approximate surface area is 229 Å². The van der Waals surface area contributed by atoms with Crippen LogP contribution in [0.25, 0.3) is 0 Å². The molecule has 1 N–H and O–H groups in total. The maximum Gasteiger partial charge on any atom is 0.299 e. The zero-order valence-corrected chi connectivity index (χ0v) is 23.6. The molecule has 4 atom stereocenters. The molecule has 0 aromatic heterocycles. The van der Waals surface area contributed by atoms with Gasteiger partial charge in [0.05, 0.1) is 6.04 Å². The van der Waals surface area contributed by atoms with Crippen molar-refractivity contribution in [1.82, 2.24) is 9.80 Å². The third-order valence-electron chi connectivity index (χ3n) is 8.68. The molecule has 5 rings (SSSR count). The van der Waals surface area contributed by atoms with Crippen LogP contribution < -0.4 is 5.32 Å². The molecule has 1 amide bonds. The second kappa shape index (κ2) is 11.4. The normalized spacial score (nSPS) is 24.4. The van der Waals surface area contributed by atoms with E-state index >= 15 is 0 Å². The van der Waals surface area contributed by atoms with Gasteiger partial charge in [0, 0.05) is 24.0 Å². The summed E-state index contributed by atoms with van der Waals surface area (Å²) in [4.78, 5) is 17.4. The lowest BCUT2D eigenvalue weighted by Crippen LogP contribution is -2.47. The molecule has 3 aliphatic rings. The van der Waals surface area contributed by atoms with E-state index < -0.39 is 0 Å². The zero-order chi connectivity index (χ0) is 26.8. The molecule has 0 spiro atoms. The predicted octanol–water partition coefficient (Wildman–Crippen LogP) is 6.92. The summed E-state index contributed by atoms with van der Waals surface area (Å²) in [5.41, 5.74) is 9.17. The van der Waals surface area contributed by atoms with E-state index in [1.807, 2.05) is 4.90 Å². The molecule has 1 saturated carbocycles. The van der Waals surface area contributed by atoms with Crippen molar-refractivity contribution in [3.63, 3.8) is 0 Å². The number of rotatable bonds is 8. The number of nitrogens with zero attached hydrogens (tertiary/aromatic N) is 2. The minimum Gasteiger partial charge on any atom is -0.359 e. The summed E-state index contributed by atoms with van der Waals surface area (Å²) in [5, 5.41) is 3.75. The number of anilines is 1. The number of terminal acetylenes is 1. The fourth-order valence-electron chi connectivity index (χ4n) is 7.14. The molecular weight excluding hydrogens is 466 g/mol. The van der Waals surface area contributed by atoms with E-state index in [2.05, 4.69) is 86.5 Å². The second-order valence-electron chi connectivity index (χ2n) is 12.2. The molecule has 2 aromatic carbocycles. The van der Waals surface area contributed by atoms with Crippen LogP contribution in [0.2, 0.25) is 0 Å². The predicted molar refractivity (Wildman–Crippen MR) is 157 cm³/mol. The van der Waals surface area contributed by atoms with Crippen LogP contribution in [0.3, 0.4) is 0 Å². The Bertz CT molecular complexity index is 1240. The van der Waals surface area contributed by atoms with Crippen molar-refractivity contribution in [3.05, 3.63) is 76.0 Å². The van der Waals surface area contributed by atoms with Crippen LogP contribution in [-0.4, -0.2) is 35.8 Å². The number of carbonyl (C=O) groups is 1. The number of unbranched alkanes of at least 4 members (excludes halogenated alkanes) is 1. The van der Waals surface area contributed by atoms with E-state index in [9.17, 15) is 4.79 Å². The van der Waals surface area contributed by atoms with Crippen molar-refractivity contribution < 1.29 is 4.79 Å². The van der Waals surface area contributed by atoms with E-state index in [1.54, 1.807) is 5.57 Å². The lowest BCUT2D eigenvalue weighted by molar-refractivity contribution is -0.130. The van der Waals surface area contributed by atoms with Gasteiger partial charge in [-0.1, -0.05) is 62.6 Å². The number of carbonyl (C=O) groups excluding carboxylic acids is 1. The van der Waals surface area contributed by atoms with Gasteiger partial charge < -0.3 is 15.1 Å². The number of hydrogen-bond donors (Lipinski definition) is 1. The minimum absolute atomic E-state index is 0.107. The Hall–Kier alpha value is -3.03. The summed E-state index contributed by atoms with van der Waals surface area (Å²) < 4.78 is 0. The van der Waals surface area contributed by atoms with Crippen molar-refractivity contribution in [2.24, 2.45) is 11.8 Å². The summed E-state index contributed by atoms with van der Waals surface area (Å²) in [6, 6.07) is 15.5. The highest BCUT2D eigenvalue weighted by atomic mass is 16.2. The number of amides is 1. The molecule has 2 aliphatic carbocycles. The van der Waals surface area contributed by atoms with Gasteiger partial charge in [-0.05, 0) is 105 Å². The average molecular weight is 510 g/mol. The lowest BCUT2D eigenvalue weighted by atomic mass is 9.82. The highest BCUT2D eigenvalue weighted by Gasteiger charge is 2.38. The minimum atomic E-state index is -0.208. The second-order valence-corrected chi connectivity index (χ2v) is 12.2. The van der Waals surface area contributed by atoms with Crippen LogP contribution in [0.1, 0.15) is 87.1 Å². The quantitative estimate of drug-likeness (QED) is 0.392. The average Bonchev–Trinajstić information content (AvgIpc) is 3.18. The van der Waals surface area contributed by atoms with Crippen molar-refractivity contribution in [3.8, 4) is 12.3 Å². The molecule has 200 valence electrons. The molecule has 0 saturated heterocycles. The Morgan fingerprint density at radius 1 is 1.11 bits per heavy atom. The smallest absolute Gasteiger partial charge is 0.299 e. The Morgan fingerprint density at radius 3 is 2.61 bits per heavy atom. The Balaban J connectivity index is 1.48. The molecule has 1 heterocycles. The van der Waals surface area contributed by atoms with Crippen molar-refractivity contribution in [2.45, 2.75) is 83.8 Å². The number of fused-ring (bicyclic) bond motifs is 3. The van der Waals surface area contributed by atoms with E-state index in [-0.39, 0.29) is 18.0 Å². The van der Waals surface area contributed by atoms with E-state index in [4.69, 9.17) is 6.42 Å². The topological polar surface area (TPSA) is 35.6 Å². The molecule has 4 nitrogen and oxygen atoms in total. The molecule has 4 heteroatoms. The third kappa shape index (κ3) is 5.54. The van der Waals surface area contributed by atoms with Gasteiger partial charge in [0.2, 0.25) is 0 Å². The van der Waals surface area contributed by atoms with E-state index in [0.717, 1.165) is 55.3 Å². The fraction of sp³-hybridized carbons (Fsp3) is 0.500. The summed E-state index contributed by atoms with van der Waals surface area (Å²) in [6.07, 6.45) is 14.8. The van der Waals surface area contributed by atoms with Gasteiger partial charge in [0.15, 0.2) is 0 Å². The number of hydrogen-bond acceptors (Lipinski definition) is 3. The maximum absolute atomic E-state index is 13.2. The largest absolute Gasteiger partial charge is 0.359 e. The summed E-state index contributed by atoms with van der Waals surface area (Å²) >= 11 is 0. The first-order valence-electron chi connectivity index (χ1n) is 14.5. The number of allylic oxidation sites excluding steroid dienone is 2. The van der Waals surface area contributed by atoms with Crippen LogP contribution in [0.4, 0.5) is 5.69 Å². The van der Waals surface area contributed by atoms with Crippen molar-refractivity contribution in [2.75, 3.05) is 19.4 Å². The molecular formula is C34H43N3O. The summed E-state index contributed by atoms with van der Waals surface area (Å²) in [5.74, 6) is 3.86. The summed E-state index contributed by atoms with van der Waals surface area (Å²) in [7, 11) is 4.20. The van der Waals surface area contributed by atoms with Gasteiger partial charge in [-0.25, -0.2) is 0 Å². The van der Waals surface area contributed by atoms with Gasteiger partial charge >= 0.3 is 0 Å². The first kappa shape index (κ1) is 26.6. The fourth-order valence-corrected chi connectivity index (χ4v) is 7.14. The standard InChI is InChI=1S/C34H43N3O/c1-6-8-9-30-21-27-18-24(22-36(4)5)10-15-31(27)34(37(30)33(38)7-2)26-11-13-29(14-12-26)35-32-20-25-16-23(3)17-28(32)19-25/h2,10-15,18,23,25,30,34-35H,6,8-9,16-17,19-22H2,1,3-5H3/t23?,25?,30-,34-/m0/s1. The van der Waals surface area contributed by atoms with Crippen LogP contribution in [0, 0.1) is 24.2 Å². The number of benzene rings is 2. The molecule has 38 heavy (non-hydrogen) atoms. The van der Waals surface area contributed by atoms with Crippen LogP contribution in [0.15, 0.2) is 53.7 Å². The third-order valence-corrected chi connectivity index (χ3v) is 8.68. The highest BCUT2D eigenvalue weighted by molar-refractivity contribution is 5.94. The van der Waals surface area contributed by atoms with Crippen molar-refractivity contribution >= 4 is 11.6 Å². The highest BCUT2D eigenvalue weighted by Crippen LogP contribution is 2.45. The van der Waals surface area contributed by atoms with Gasteiger partial charge in [0.25, 0.3) is 5.91 Å². The zero-order valence-electron chi connectivity index (χ0n) is 23.6. The summed E-state index contributed by atoms with van der Waals surface area (Å²) in [6.45, 7) is 5.49. The van der Waals surface area contributed by atoms with Gasteiger partial charge in [-0.2, -0.15) is 0 Å².